The molecule has 3 saturated carbocycles. The summed E-state index contributed by atoms with van der Waals surface area (Å²) in [5.74, 6) is 1.86. The first-order valence-electron chi connectivity index (χ1n) is 10.1. The van der Waals surface area contributed by atoms with Gasteiger partial charge in [0.15, 0.2) is 0 Å². The number of Topliss-reactive ketones (excluding diaryl/α,β-unsaturated/α-hetero) is 1. The molecule has 0 N–H and O–H groups in total. The van der Waals surface area contributed by atoms with E-state index in [0.29, 0.717) is 30.1 Å². The number of ketones is 1. The van der Waals surface area contributed by atoms with Gasteiger partial charge in [0.25, 0.3) is 0 Å². The Kier molecular flexibility index (Phi) is 3.30. The number of hydrogen-bond acceptors (Lipinski definition) is 3. The Morgan fingerprint density at radius 3 is 2.68 bits per heavy atom. The first-order valence-corrected chi connectivity index (χ1v) is 10.1. The largest absolute Gasteiger partial charge is 0.340 e. The summed E-state index contributed by atoms with van der Waals surface area (Å²) in [5, 5.41) is 0. The number of allylic oxidation sites excluding steroid dienone is 2. The van der Waals surface area contributed by atoms with E-state index in [1.54, 1.807) is 0 Å². The number of hydrogen-bond donors (Lipinski definition) is 0. The molecule has 25 heavy (non-hydrogen) atoms. The molecule has 0 aromatic carbocycles. The van der Waals surface area contributed by atoms with Crippen LogP contribution in [0.5, 0.6) is 0 Å². The number of carbonyl (C=O) groups excluding carboxylic acids is 1. The van der Waals surface area contributed by atoms with Crippen LogP contribution in [0.4, 0.5) is 0 Å². The van der Waals surface area contributed by atoms with E-state index in [4.69, 9.17) is 9.47 Å². The molecule has 4 aliphatic carbocycles. The van der Waals surface area contributed by atoms with Gasteiger partial charge in [0, 0.05) is 17.3 Å². The highest BCUT2D eigenvalue weighted by molar-refractivity contribution is 5.87. The highest BCUT2D eigenvalue weighted by Crippen LogP contribution is 2.64. The SMILES string of the molecule is CC1COC2(C=C[C@@]3(C)C(=C2)CC[C@@H]2[C@@H]3CC[C@]3(C)C(=O)CC[C@@H]23)O1. The molecular formula is C22H30O3. The summed E-state index contributed by atoms with van der Waals surface area (Å²) in [5.41, 5.74) is 1.57. The fourth-order valence-corrected chi connectivity index (χ4v) is 6.87. The third-order valence-corrected chi connectivity index (χ3v) is 8.32. The van der Waals surface area contributed by atoms with Crippen LogP contribution in [0.15, 0.2) is 23.8 Å². The van der Waals surface area contributed by atoms with Crippen molar-refractivity contribution in [2.24, 2.45) is 28.6 Å². The predicted molar refractivity (Wildman–Crippen MR) is 95.8 cm³/mol. The van der Waals surface area contributed by atoms with Crippen LogP contribution in [0.25, 0.3) is 0 Å². The van der Waals surface area contributed by atoms with Crippen molar-refractivity contribution in [2.75, 3.05) is 6.61 Å². The van der Waals surface area contributed by atoms with Crippen molar-refractivity contribution in [2.45, 2.75) is 71.2 Å². The van der Waals surface area contributed by atoms with Crippen molar-refractivity contribution < 1.29 is 14.3 Å². The zero-order valence-electron chi connectivity index (χ0n) is 15.7. The minimum absolute atomic E-state index is 0.0363. The van der Waals surface area contributed by atoms with E-state index in [2.05, 4.69) is 39.0 Å². The number of rotatable bonds is 0. The molecule has 136 valence electrons. The molecule has 0 bridgehead atoms. The van der Waals surface area contributed by atoms with E-state index in [1.165, 1.54) is 18.4 Å². The van der Waals surface area contributed by atoms with Gasteiger partial charge >= 0.3 is 0 Å². The predicted octanol–water partition coefficient (Wildman–Crippen LogP) is 4.43. The molecule has 1 aliphatic heterocycles. The molecule has 3 heteroatoms. The molecule has 2 unspecified atom stereocenters. The molecule has 0 aromatic heterocycles. The standard InChI is InChI=1S/C22H30O3/c1-14-13-24-22(25-14)11-10-20(2)15(12-22)4-5-16-17-6-7-19(23)21(17,3)9-8-18(16)20/h10-12,14,16-18H,4-9,13H2,1-3H3/t14?,16-,17-,18-,20-,21-,22?/m0/s1. The summed E-state index contributed by atoms with van der Waals surface area (Å²) in [6.45, 7) is 7.41. The smallest absolute Gasteiger partial charge is 0.208 e. The minimum atomic E-state index is -0.617. The van der Waals surface area contributed by atoms with Gasteiger partial charge in [-0.2, -0.15) is 0 Å². The van der Waals surface area contributed by atoms with Crippen molar-refractivity contribution in [1.82, 2.24) is 0 Å². The molecule has 5 rings (SSSR count). The summed E-state index contributed by atoms with van der Waals surface area (Å²) in [6.07, 6.45) is 13.5. The Bertz CT molecular complexity index is 679. The maximum Gasteiger partial charge on any atom is 0.208 e. The third kappa shape index (κ3) is 2.09. The normalized spacial score (nSPS) is 54.2. The van der Waals surface area contributed by atoms with Gasteiger partial charge in [0.1, 0.15) is 5.78 Å². The Hall–Kier alpha value is -0.930. The zero-order valence-corrected chi connectivity index (χ0v) is 15.7. The lowest BCUT2D eigenvalue weighted by atomic mass is 9.48. The lowest BCUT2D eigenvalue weighted by molar-refractivity contribution is -0.131. The second-order valence-electron chi connectivity index (χ2n) is 9.58. The quantitative estimate of drug-likeness (QED) is 0.611. The molecule has 0 aromatic rings. The van der Waals surface area contributed by atoms with E-state index < -0.39 is 5.79 Å². The van der Waals surface area contributed by atoms with Crippen LogP contribution in [0, 0.1) is 28.6 Å². The van der Waals surface area contributed by atoms with Gasteiger partial charge in [0.2, 0.25) is 5.79 Å². The van der Waals surface area contributed by atoms with E-state index in [1.807, 2.05) is 0 Å². The maximum atomic E-state index is 12.5. The van der Waals surface area contributed by atoms with Crippen molar-refractivity contribution in [3.05, 3.63) is 23.8 Å². The van der Waals surface area contributed by atoms with Crippen LogP contribution < -0.4 is 0 Å². The molecular weight excluding hydrogens is 312 g/mol. The van der Waals surface area contributed by atoms with Crippen LogP contribution in [0.2, 0.25) is 0 Å². The van der Waals surface area contributed by atoms with Crippen LogP contribution in [0.3, 0.4) is 0 Å². The Labute approximate surface area is 150 Å². The van der Waals surface area contributed by atoms with Crippen molar-refractivity contribution >= 4 is 5.78 Å². The second-order valence-corrected chi connectivity index (χ2v) is 9.58. The Morgan fingerprint density at radius 2 is 1.92 bits per heavy atom. The highest BCUT2D eigenvalue weighted by Gasteiger charge is 2.59. The van der Waals surface area contributed by atoms with Gasteiger partial charge in [0.05, 0.1) is 12.7 Å². The van der Waals surface area contributed by atoms with Gasteiger partial charge in [-0.15, -0.1) is 0 Å². The third-order valence-electron chi connectivity index (χ3n) is 8.32. The monoisotopic (exact) mass is 342 g/mol. The second kappa shape index (κ2) is 5.07. The summed E-state index contributed by atoms with van der Waals surface area (Å²) in [4.78, 5) is 12.5. The van der Waals surface area contributed by atoms with Gasteiger partial charge in [-0.05, 0) is 68.9 Å². The Balaban J connectivity index is 1.48. The first kappa shape index (κ1) is 16.3. The van der Waals surface area contributed by atoms with Crippen LogP contribution in [-0.4, -0.2) is 24.3 Å². The van der Waals surface area contributed by atoms with Crippen molar-refractivity contribution in [1.29, 1.82) is 0 Å². The fourth-order valence-electron chi connectivity index (χ4n) is 6.87. The molecule has 4 fully saturated rings. The summed E-state index contributed by atoms with van der Waals surface area (Å²) in [6, 6.07) is 0. The highest BCUT2D eigenvalue weighted by atomic mass is 16.7. The average Bonchev–Trinajstić information content (AvgIpc) is 3.09. The van der Waals surface area contributed by atoms with Crippen molar-refractivity contribution in [3.63, 3.8) is 0 Å². The van der Waals surface area contributed by atoms with Crippen LogP contribution >= 0.6 is 0 Å². The topological polar surface area (TPSA) is 35.5 Å². The average molecular weight is 342 g/mol. The van der Waals surface area contributed by atoms with E-state index in [9.17, 15) is 4.79 Å². The van der Waals surface area contributed by atoms with Gasteiger partial charge in [-0.25, -0.2) is 0 Å². The lowest BCUT2D eigenvalue weighted by Gasteiger charge is -2.56. The Morgan fingerprint density at radius 1 is 1.08 bits per heavy atom. The van der Waals surface area contributed by atoms with Crippen LogP contribution in [0.1, 0.15) is 59.3 Å². The molecule has 3 nitrogen and oxygen atoms in total. The van der Waals surface area contributed by atoms with E-state index in [0.717, 1.165) is 25.7 Å². The molecule has 1 saturated heterocycles. The maximum absolute atomic E-state index is 12.5. The number of ether oxygens (including phenoxy) is 2. The molecule has 5 aliphatic rings. The number of fused-ring (bicyclic) bond motifs is 5. The fraction of sp³-hybridized carbons (Fsp3) is 0.773. The minimum Gasteiger partial charge on any atom is -0.340 e. The molecule has 0 amide bonds. The molecule has 0 radical (unpaired) electrons. The van der Waals surface area contributed by atoms with E-state index >= 15 is 0 Å². The molecule has 7 atom stereocenters. The molecule has 1 spiro atoms. The lowest BCUT2D eigenvalue weighted by Crippen LogP contribution is -2.50. The zero-order chi connectivity index (χ0) is 17.4. The van der Waals surface area contributed by atoms with Crippen molar-refractivity contribution in [3.8, 4) is 0 Å². The summed E-state index contributed by atoms with van der Waals surface area (Å²) in [7, 11) is 0. The van der Waals surface area contributed by atoms with Gasteiger partial charge in [-0.3, -0.25) is 4.79 Å². The van der Waals surface area contributed by atoms with Gasteiger partial charge < -0.3 is 9.47 Å². The number of carbonyl (C=O) groups is 1. The van der Waals surface area contributed by atoms with E-state index in [-0.39, 0.29) is 16.9 Å². The molecule has 1 heterocycles. The van der Waals surface area contributed by atoms with Gasteiger partial charge in [-0.1, -0.05) is 25.5 Å². The van der Waals surface area contributed by atoms with Crippen LogP contribution in [-0.2, 0) is 14.3 Å². The summed E-state index contributed by atoms with van der Waals surface area (Å²) < 4.78 is 12.1. The first-order chi connectivity index (χ1) is 11.9. The summed E-state index contributed by atoms with van der Waals surface area (Å²) >= 11 is 0.